The summed E-state index contributed by atoms with van der Waals surface area (Å²) in [4.78, 5) is 43.1. The molecule has 0 bridgehead atoms. The van der Waals surface area contributed by atoms with Crippen LogP contribution in [0.3, 0.4) is 0 Å². The zero-order valence-electron chi connectivity index (χ0n) is 23.9. The minimum Gasteiger partial charge on any atom is -0.468 e. The Bertz CT molecular complexity index is 1560. The molecule has 0 aromatic heterocycles. The maximum atomic E-state index is 14.1. The van der Waals surface area contributed by atoms with Crippen LogP contribution < -0.4 is 5.32 Å². The van der Waals surface area contributed by atoms with Gasteiger partial charge in [-0.05, 0) is 30.2 Å². The van der Waals surface area contributed by atoms with Gasteiger partial charge in [0.05, 0.1) is 30.4 Å². The molecule has 0 spiro atoms. The monoisotopic (exact) mass is 589 g/mol. The lowest BCUT2D eigenvalue weighted by Crippen LogP contribution is -2.59. The number of carbonyl (C=O) groups is 3. The van der Waals surface area contributed by atoms with Gasteiger partial charge in [0.1, 0.15) is 5.54 Å². The van der Waals surface area contributed by atoms with Crippen LogP contribution in [0.15, 0.2) is 89.8 Å². The van der Waals surface area contributed by atoms with E-state index in [4.69, 9.17) is 4.74 Å². The molecule has 1 N–H and O–H groups in total. The maximum absolute atomic E-state index is 14.1. The second-order valence-electron chi connectivity index (χ2n) is 10.9. The number of sulfonamides is 1. The van der Waals surface area contributed by atoms with Crippen LogP contribution in [0.4, 0.5) is 0 Å². The lowest BCUT2D eigenvalue weighted by molar-refractivity contribution is -0.154. The zero-order valence-corrected chi connectivity index (χ0v) is 24.7. The first kappa shape index (κ1) is 29.6. The van der Waals surface area contributed by atoms with E-state index >= 15 is 0 Å². The van der Waals surface area contributed by atoms with Crippen LogP contribution in [0.1, 0.15) is 23.6 Å². The van der Waals surface area contributed by atoms with Crippen molar-refractivity contribution in [1.29, 1.82) is 0 Å². The molecule has 0 unspecified atom stereocenters. The normalized spacial score (nSPS) is 23.8. The first-order chi connectivity index (χ1) is 20.1. The number of rotatable bonds is 10. The lowest BCUT2D eigenvalue weighted by atomic mass is 9.76. The number of nitrogens with zero attached hydrogens (tertiary/aromatic N) is 2. The molecule has 3 aromatic rings. The summed E-state index contributed by atoms with van der Waals surface area (Å²) < 4.78 is 33.9. The van der Waals surface area contributed by atoms with Crippen LogP contribution in [0.2, 0.25) is 0 Å². The number of esters is 1. The van der Waals surface area contributed by atoms with E-state index in [0.717, 1.165) is 16.7 Å². The summed E-state index contributed by atoms with van der Waals surface area (Å²) in [7, 11) is -2.68. The predicted molar refractivity (Wildman–Crippen MR) is 156 cm³/mol. The largest absolute Gasteiger partial charge is 0.468 e. The van der Waals surface area contributed by atoms with Gasteiger partial charge in [0.25, 0.3) is 0 Å². The van der Waals surface area contributed by atoms with Crippen molar-refractivity contribution in [3.63, 3.8) is 0 Å². The summed E-state index contributed by atoms with van der Waals surface area (Å²) in [5.74, 6) is -3.63. The van der Waals surface area contributed by atoms with Crippen molar-refractivity contribution in [3.05, 3.63) is 102 Å². The van der Waals surface area contributed by atoms with E-state index in [2.05, 4.69) is 5.32 Å². The molecule has 4 atom stereocenters. The second kappa shape index (κ2) is 11.8. The van der Waals surface area contributed by atoms with Crippen molar-refractivity contribution < 1.29 is 27.5 Å². The molecular weight excluding hydrogens is 554 g/mol. The van der Waals surface area contributed by atoms with Crippen molar-refractivity contribution in [1.82, 2.24) is 14.5 Å². The molecule has 2 saturated heterocycles. The smallest absolute Gasteiger partial charge is 0.327 e. The van der Waals surface area contributed by atoms with Crippen molar-refractivity contribution in [2.75, 3.05) is 20.2 Å². The highest BCUT2D eigenvalue weighted by molar-refractivity contribution is 7.89. The van der Waals surface area contributed by atoms with Gasteiger partial charge in [0, 0.05) is 25.6 Å². The predicted octanol–water partition coefficient (Wildman–Crippen LogP) is 2.93. The fraction of sp³-hybridized carbons (Fsp3) is 0.344. The SMILES string of the molecule is CCN(C[C@H]1N[C@@](Cc2ccccc2)(C(=O)OC)[C@H]2C(=O)N(Cc3ccccc3)C(=O)[C@@H]12)S(=O)(=O)c1ccc(C)cc1. The summed E-state index contributed by atoms with van der Waals surface area (Å²) in [5.41, 5.74) is 0.898. The van der Waals surface area contributed by atoms with E-state index in [1.807, 2.05) is 67.6 Å². The third-order valence-electron chi connectivity index (χ3n) is 8.32. The fourth-order valence-electron chi connectivity index (χ4n) is 6.26. The molecule has 5 rings (SSSR count). The van der Waals surface area contributed by atoms with Crippen molar-refractivity contribution in [3.8, 4) is 0 Å². The molecular formula is C32H35N3O6S. The summed E-state index contributed by atoms with van der Waals surface area (Å²) in [6.07, 6.45) is 0.0905. The average molecular weight is 590 g/mol. The molecule has 0 radical (unpaired) electrons. The van der Waals surface area contributed by atoms with Gasteiger partial charge in [0.15, 0.2) is 0 Å². The Hall–Kier alpha value is -3.86. The molecule has 42 heavy (non-hydrogen) atoms. The lowest BCUT2D eigenvalue weighted by Gasteiger charge is -2.33. The number of ether oxygens (including phenoxy) is 1. The third kappa shape index (κ3) is 5.26. The number of fused-ring (bicyclic) bond motifs is 1. The van der Waals surface area contributed by atoms with Gasteiger partial charge in [0.2, 0.25) is 21.8 Å². The molecule has 2 aliphatic heterocycles. The summed E-state index contributed by atoms with van der Waals surface area (Å²) in [6, 6.07) is 24.1. The number of aryl methyl sites for hydroxylation is 1. The van der Waals surface area contributed by atoms with Gasteiger partial charge in [-0.2, -0.15) is 4.31 Å². The Balaban J connectivity index is 1.56. The van der Waals surface area contributed by atoms with Crippen LogP contribution >= 0.6 is 0 Å². The maximum Gasteiger partial charge on any atom is 0.327 e. The topological polar surface area (TPSA) is 113 Å². The number of likely N-dealkylation sites (tertiary alicyclic amines) is 1. The van der Waals surface area contributed by atoms with Crippen molar-refractivity contribution in [2.45, 2.75) is 43.3 Å². The number of amides is 2. The first-order valence-corrected chi connectivity index (χ1v) is 15.4. The Morgan fingerprint density at radius 3 is 2.10 bits per heavy atom. The number of hydrogen-bond acceptors (Lipinski definition) is 7. The van der Waals surface area contributed by atoms with Gasteiger partial charge < -0.3 is 4.74 Å². The van der Waals surface area contributed by atoms with Gasteiger partial charge in [-0.3, -0.25) is 24.6 Å². The molecule has 0 aliphatic carbocycles. The van der Waals surface area contributed by atoms with Crippen LogP contribution in [0.25, 0.3) is 0 Å². The highest BCUT2D eigenvalue weighted by Gasteiger charge is 2.68. The summed E-state index contributed by atoms with van der Waals surface area (Å²) >= 11 is 0. The van der Waals surface area contributed by atoms with E-state index in [1.54, 1.807) is 31.2 Å². The highest BCUT2D eigenvalue weighted by atomic mass is 32.2. The number of methoxy groups -OCH3 is 1. The Morgan fingerprint density at radius 1 is 0.929 bits per heavy atom. The summed E-state index contributed by atoms with van der Waals surface area (Å²) in [5, 5.41) is 3.30. The summed E-state index contributed by atoms with van der Waals surface area (Å²) in [6.45, 7) is 3.67. The molecule has 220 valence electrons. The van der Waals surface area contributed by atoms with E-state index in [-0.39, 0.29) is 31.0 Å². The minimum atomic E-state index is -3.93. The van der Waals surface area contributed by atoms with E-state index in [9.17, 15) is 22.8 Å². The number of imide groups is 1. The average Bonchev–Trinajstić information content (AvgIpc) is 3.45. The van der Waals surface area contributed by atoms with Crippen LogP contribution in [0.5, 0.6) is 0 Å². The van der Waals surface area contributed by atoms with Gasteiger partial charge in [-0.15, -0.1) is 0 Å². The zero-order chi connectivity index (χ0) is 30.1. The number of benzene rings is 3. The third-order valence-corrected chi connectivity index (χ3v) is 10.3. The molecule has 2 fully saturated rings. The van der Waals surface area contributed by atoms with Gasteiger partial charge in [-0.1, -0.05) is 85.3 Å². The Morgan fingerprint density at radius 2 is 1.52 bits per heavy atom. The van der Waals surface area contributed by atoms with E-state index in [1.165, 1.54) is 16.3 Å². The molecule has 3 aromatic carbocycles. The van der Waals surface area contributed by atoms with Crippen LogP contribution in [0, 0.1) is 18.8 Å². The van der Waals surface area contributed by atoms with Crippen LogP contribution in [-0.4, -0.2) is 67.2 Å². The Labute approximate surface area is 246 Å². The van der Waals surface area contributed by atoms with Gasteiger partial charge in [-0.25, -0.2) is 8.42 Å². The van der Waals surface area contributed by atoms with E-state index < -0.39 is 51.2 Å². The van der Waals surface area contributed by atoms with E-state index in [0.29, 0.717) is 0 Å². The second-order valence-corrected chi connectivity index (χ2v) is 12.8. The van der Waals surface area contributed by atoms with Gasteiger partial charge >= 0.3 is 5.97 Å². The van der Waals surface area contributed by atoms with Crippen molar-refractivity contribution >= 4 is 27.8 Å². The molecule has 10 heteroatoms. The van der Waals surface area contributed by atoms with Crippen LogP contribution in [-0.2, 0) is 42.1 Å². The standard InChI is InChI=1S/C32H35N3O6S/c1-4-34(42(39,40)25-17-15-22(2)16-18-25)21-26-27-28(30(37)35(29(27)36)20-24-13-9-6-10-14-24)32(33-26,31(38)41-3)19-23-11-7-5-8-12-23/h5-18,26-28,33H,4,19-21H2,1-3H3/t26-,27+,28-,32-/m1/s1. The van der Waals surface area contributed by atoms with Crippen molar-refractivity contribution in [2.24, 2.45) is 11.8 Å². The molecule has 0 saturated carbocycles. The number of likely N-dealkylation sites (N-methyl/N-ethyl adjacent to an activating group) is 1. The highest BCUT2D eigenvalue weighted by Crippen LogP contribution is 2.46. The fourth-order valence-corrected chi connectivity index (χ4v) is 7.74. The molecule has 2 amide bonds. The number of carbonyl (C=O) groups excluding carboxylic acids is 3. The molecule has 2 heterocycles. The molecule has 2 aliphatic rings. The Kier molecular flexibility index (Phi) is 8.32. The minimum absolute atomic E-state index is 0.0555. The number of hydrogen-bond donors (Lipinski definition) is 1. The quantitative estimate of drug-likeness (QED) is 0.286. The molecule has 9 nitrogen and oxygen atoms in total. The number of nitrogens with one attached hydrogen (secondary N) is 1. The first-order valence-electron chi connectivity index (χ1n) is 14.0.